The fraction of sp³-hybridized carbons (Fsp3) is 0.308. The third-order valence-electron chi connectivity index (χ3n) is 6.00. The molecule has 0 aliphatic carbocycles. The first-order valence-electron chi connectivity index (χ1n) is 10.6. The van der Waals surface area contributed by atoms with E-state index in [1.165, 1.54) is 11.1 Å². The molecule has 1 aliphatic heterocycles. The molecule has 30 heavy (non-hydrogen) atoms. The van der Waals surface area contributed by atoms with Gasteiger partial charge in [-0.25, -0.2) is 0 Å². The molecule has 1 aliphatic rings. The monoisotopic (exact) mass is 402 g/mol. The van der Waals surface area contributed by atoms with Crippen LogP contribution in [0, 0.1) is 0 Å². The summed E-state index contributed by atoms with van der Waals surface area (Å²) in [4.78, 5) is 4.80. The zero-order valence-corrected chi connectivity index (χ0v) is 17.7. The topological polar surface area (TPSA) is 46.9 Å². The number of para-hydroxylation sites is 2. The molecular weight excluding hydrogens is 372 g/mol. The van der Waals surface area contributed by atoms with E-state index < -0.39 is 0 Å². The highest BCUT2D eigenvalue weighted by Crippen LogP contribution is 2.35. The van der Waals surface area contributed by atoms with Gasteiger partial charge >= 0.3 is 0 Å². The van der Waals surface area contributed by atoms with Gasteiger partial charge in [0.25, 0.3) is 0 Å². The normalized spacial score (nSPS) is 15.8. The first-order chi connectivity index (χ1) is 14.5. The maximum atomic E-state index is 10.3. The van der Waals surface area contributed by atoms with Crippen molar-refractivity contribution in [3.63, 3.8) is 0 Å². The van der Waals surface area contributed by atoms with Gasteiger partial charge in [-0.05, 0) is 29.2 Å². The van der Waals surface area contributed by atoms with Crippen LogP contribution in [0.2, 0.25) is 0 Å². The molecule has 1 saturated heterocycles. The number of nitrogens with zero attached hydrogens (tertiary/aromatic N) is 2. The summed E-state index contributed by atoms with van der Waals surface area (Å²) in [6.07, 6.45) is 0.0884. The van der Waals surface area contributed by atoms with Crippen LogP contribution in [0.4, 0.5) is 0 Å². The molecule has 0 amide bonds. The average molecular weight is 403 g/mol. The molecule has 0 radical (unpaired) electrons. The lowest BCUT2D eigenvalue weighted by molar-refractivity contribution is 0.124. The van der Waals surface area contributed by atoms with Crippen molar-refractivity contribution in [2.45, 2.75) is 39.0 Å². The zero-order valence-electron chi connectivity index (χ0n) is 17.7. The lowest BCUT2D eigenvalue weighted by Gasteiger charge is -2.31. The van der Waals surface area contributed by atoms with Gasteiger partial charge in [0.2, 0.25) is 0 Å². The second-order valence-corrected chi connectivity index (χ2v) is 8.39. The summed E-state index contributed by atoms with van der Waals surface area (Å²) >= 11 is 0. The van der Waals surface area contributed by atoms with Gasteiger partial charge in [-0.15, -0.1) is 0 Å². The maximum Gasteiger partial charge on any atom is 0.120 e. The molecule has 0 atom stereocenters. The molecule has 4 heteroatoms. The van der Waals surface area contributed by atoms with Crippen molar-refractivity contribution < 1.29 is 10.2 Å². The predicted octanol–water partition coefficient (Wildman–Crippen LogP) is 5.24. The Morgan fingerprint density at radius 3 is 1.63 bits per heavy atom. The van der Waals surface area contributed by atoms with Crippen LogP contribution in [0.1, 0.15) is 48.2 Å². The number of phenols is 2. The summed E-state index contributed by atoms with van der Waals surface area (Å²) in [5.41, 5.74) is 4.44. The average Bonchev–Trinajstić information content (AvgIpc) is 3.13. The first kappa shape index (κ1) is 20.5. The van der Waals surface area contributed by atoms with E-state index in [9.17, 15) is 10.2 Å². The molecule has 2 N–H and O–H groups in total. The second kappa shape index (κ2) is 8.90. The van der Waals surface area contributed by atoms with Crippen LogP contribution in [0.5, 0.6) is 11.5 Å². The van der Waals surface area contributed by atoms with Gasteiger partial charge in [-0.2, -0.15) is 0 Å². The Labute approximate surface area is 179 Å². The van der Waals surface area contributed by atoms with Crippen molar-refractivity contribution in [3.8, 4) is 11.5 Å². The van der Waals surface area contributed by atoms with Crippen LogP contribution in [0.25, 0.3) is 0 Å². The van der Waals surface area contributed by atoms with Crippen molar-refractivity contribution in [3.05, 3.63) is 95.1 Å². The Balaban J connectivity index is 1.64. The van der Waals surface area contributed by atoms with Gasteiger partial charge in [0, 0.05) is 37.3 Å². The SMILES string of the molecule is CC(C)c1ccc(C2N(Cc3ccccc3O)CCN2Cc2ccccc2O)cc1. The zero-order chi connectivity index (χ0) is 21.1. The molecule has 0 aromatic heterocycles. The Kier molecular flexibility index (Phi) is 6.07. The van der Waals surface area contributed by atoms with Crippen molar-refractivity contribution in [2.24, 2.45) is 0 Å². The van der Waals surface area contributed by atoms with Crippen molar-refractivity contribution in [1.82, 2.24) is 9.80 Å². The maximum absolute atomic E-state index is 10.3. The predicted molar refractivity (Wildman–Crippen MR) is 120 cm³/mol. The molecule has 4 nitrogen and oxygen atoms in total. The molecule has 156 valence electrons. The Morgan fingerprint density at radius 2 is 1.20 bits per heavy atom. The van der Waals surface area contributed by atoms with E-state index in [4.69, 9.17) is 0 Å². The number of phenolic OH excluding ortho intramolecular Hbond substituents is 2. The Morgan fingerprint density at radius 1 is 0.733 bits per heavy atom. The van der Waals surface area contributed by atoms with Crippen LogP contribution in [0.15, 0.2) is 72.8 Å². The van der Waals surface area contributed by atoms with Gasteiger partial charge < -0.3 is 10.2 Å². The molecule has 1 heterocycles. The lowest BCUT2D eigenvalue weighted by Crippen LogP contribution is -2.30. The number of benzene rings is 3. The highest BCUT2D eigenvalue weighted by Gasteiger charge is 2.33. The van der Waals surface area contributed by atoms with E-state index in [0.717, 1.165) is 24.2 Å². The highest BCUT2D eigenvalue weighted by molar-refractivity contribution is 5.34. The van der Waals surface area contributed by atoms with Crippen LogP contribution in [-0.2, 0) is 13.1 Å². The van der Waals surface area contributed by atoms with E-state index >= 15 is 0 Å². The molecular formula is C26H30N2O2. The van der Waals surface area contributed by atoms with Crippen molar-refractivity contribution in [1.29, 1.82) is 0 Å². The van der Waals surface area contributed by atoms with Gasteiger partial charge in [-0.3, -0.25) is 9.80 Å². The fourth-order valence-corrected chi connectivity index (χ4v) is 4.26. The summed E-state index contributed by atoms with van der Waals surface area (Å²) < 4.78 is 0. The third kappa shape index (κ3) is 4.35. The summed E-state index contributed by atoms with van der Waals surface area (Å²) in [5, 5.41) is 20.6. The van der Waals surface area contributed by atoms with Gasteiger partial charge in [-0.1, -0.05) is 74.5 Å². The third-order valence-corrected chi connectivity index (χ3v) is 6.00. The quantitative estimate of drug-likeness (QED) is 0.592. The van der Waals surface area contributed by atoms with Crippen LogP contribution in [-0.4, -0.2) is 33.1 Å². The summed E-state index contributed by atoms with van der Waals surface area (Å²) in [5.74, 6) is 1.17. The fourth-order valence-electron chi connectivity index (χ4n) is 4.26. The van der Waals surface area contributed by atoms with Gasteiger partial charge in [0.05, 0.1) is 6.17 Å². The highest BCUT2D eigenvalue weighted by atomic mass is 16.3. The van der Waals surface area contributed by atoms with Crippen LogP contribution in [0.3, 0.4) is 0 Å². The van der Waals surface area contributed by atoms with E-state index in [2.05, 4.69) is 47.9 Å². The van der Waals surface area contributed by atoms with Crippen LogP contribution < -0.4 is 0 Å². The molecule has 0 saturated carbocycles. The summed E-state index contributed by atoms with van der Waals surface area (Å²) in [7, 11) is 0. The minimum atomic E-state index is 0.0884. The standard InChI is InChI=1S/C26H30N2O2/c1-19(2)20-11-13-21(14-12-20)26-27(17-22-7-3-5-9-24(22)29)15-16-28(26)18-23-8-4-6-10-25(23)30/h3-14,19,26,29-30H,15-18H2,1-2H3. The summed E-state index contributed by atoms with van der Waals surface area (Å²) in [6.45, 7) is 7.58. The molecule has 3 aromatic carbocycles. The largest absolute Gasteiger partial charge is 0.508 e. The summed E-state index contributed by atoms with van der Waals surface area (Å²) in [6, 6.07) is 24.0. The number of aromatic hydroxyl groups is 2. The molecule has 0 spiro atoms. The lowest BCUT2D eigenvalue weighted by atomic mass is 10.0. The van der Waals surface area contributed by atoms with E-state index in [0.29, 0.717) is 30.5 Å². The van der Waals surface area contributed by atoms with Crippen LogP contribution >= 0.6 is 0 Å². The minimum absolute atomic E-state index is 0.0884. The number of rotatable bonds is 6. The van der Waals surface area contributed by atoms with E-state index in [1.807, 2.05) is 36.4 Å². The minimum Gasteiger partial charge on any atom is -0.508 e. The molecule has 0 unspecified atom stereocenters. The van der Waals surface area contributed by atoms with Crippen molar-refractivity contribution >= 4 is 0 Å². The second-order valence-electron chi connectivity index (χ2n) is 8.39. The molecule has 4 rings (SSSR count). The molecule has 0 bridgehead atoms. The van der Waals surface area contributed by atoms with Crippen molar-refractivity contribution in [2.75, 3.05) is 13.1 Å². The number of hydrogen-bond acceptors (Lipinski definition) is 4. The van der Waals surface area contributed by atoms with Gasteiger partial charge in [0.15, 0.2) is 0 Å². The number of hydrogen-bond donors (Lipinski definition) is 2. The van der Waals surface area contributed by atoms with E-state index in [1.54, 1.807) is 12.1 Å². The Hall–Kier alpha value is -2.82. The smallest absolute Gasteiger partial charge is 0.120 e. The Bertz CT molecular complexity index is 929. The first-order valence-corrected chi connectivity index (χ1v) is 10.6. The van der Waals surface area contributed by atoms with Gasteiger partial charge in [0.1, 0.15) is 11.5 Å². The molecule has 1 fully saturated rings. The van der Waals surface area contributed by atoms with E-state index in [-0.39, 0.29) is 6.17 Å². The molecule has 3 aromatic rings.